The monoisotopic (exact) mass is 521 g/mol. The van der Waals surface area contributed by atoms with Crippen LogP contribution in [0.2, 0.25) is 0 Å². The number of hydrogen-bond donors (Lipinski definition) is 2. The van der Waals surface area contributed by atoms with Crippen molar-refractivity contribution in [3.8, 4) is 0 Å². The first kappa shape index (κ1) is 29.2. The van der Waals surface area contributed by atoms with Crippen molar-refractivity contribution in [2.45, 2.75) is 71.4 Å². The number of likely N-dealkylation sites (tertiary alicyclic amines) is 1. The van der Waals surface area contributed by atoms with Gasteiger partial charge >= 0.3 is 6.09 Å². The Morgan fingerprint density at radius 2 is 1.55 bits per heavy atom. The molecule has 7 nitrogen and oxygen atoms in total. The number of nitrogens with one attached hydrogen (secondary N) is 2. The van der Waals surface area contributed by atoms with Crippen molar-refractivity contribution in [2.75, 3.05) is 19.6 Å². The Labute approximate surface area is 227 Å². The SMILES string of the molecule is CC(C)CC(=O)NCCCCC(NC(=O)OCc1ccccc1)C(=O)N1CCC(Cc2ccccc2)CC1. The highest BCUT2D eigenvalue weighted by atomic mass is 16.5. The first-order valence-electron chi connectivity index (χ1n) is 14.0. The maximum atomic E-state index is 13.5. The molecule has 1 aliphatic rings. The lowest BCUT2D eigenvalue weighted by Gasteiger charge is -2.34. The molecule has 0 spiro atoms. The lowest BCUT2D eigenvalue weighted by molar-refractivity contribution is -0.135. The highest BCUT2D eigenvalue weighted by Crippen LogP contribution is 2.22. The van der Waals surface area contributed by atoms with Crippen LogP contribution in [0.4, 0.5) is 4.79 Å². The van der Waals surface area contributed by atoms with Crippen LogP contribution >= 0.6 is 0 Å². The minimum absolute atomic E-state index is 0.0496. The summed E-state index contributed by atoms with van der Waals surface area (Å²) in [4.78, 5) is 39.8. The molecule has 2 aromatic carbocycles. The highest BCUT2D eigenvalue weighted by molar-refractivity contribution is 5.85. The van der Waals surface area contributed by atoms with E-state index in [9.17, 15) is 14.4 Å². The van der Waals surface area contributed by atoms with Crippen molar-refractivity contribution < 1.29 is 19.1 Å². The number of benzene rings is 2. The summed E-state index contributed by atoms with van der Waals surface area (Å²) in [7, 11) is 0. The Kier molecular flexibility index (Phi) is 12.1. The van der Waals surface area contributed by atoms with E-state index in [0.29, 0.717) is 50.7 Å². The Morgan fingerprint density at radius 3 is 2.18 bits per heavy atom. The molecule has 3 rings (SSSR count). The molecule has 2 aromatic rings. The lowest BCUT2D eigenvalue weighted by atomic mass is 9.90. The standard InChI is InChI=1S/C31H43N3O4/c1-24(2)21-29(35)32-18-10-9-15-28(33-31(37)38-23-27-13-7-4-8-14-27)30(36)34-19-16-26(17-20-34)22-25-11-5-3-6-12-25/h3-8,11-14,24,26,28H,9-10,15-23H2,1-2H3,(H,32,35)(H,33,37). The maximum absolute atomic E-state index is 13.5. The fourth-order valence-corrected chi connectivity index (χ4v) is 4.83. The van der Waals surface area contributed by atoms with Gasteiger partial charge in [0.05, 0.1) is 0 Å². The van der Waals surface area contributed by atoms with E-state index in [4.69, 9.17) is 4.74 Å². The van der Waals surface area contributed by atoms with E-state index in [1.807, 2.05) is 55.1 Å². The van der Waals surface area contributed by atoms with Gasteiger partial charge in [0.2, 0.25) is 11.8 Å². The third kappa shape index (κ3) is 10.6. The fraction of sp³-hybridized carbons (Fsp3) is 0.516. The molecule has 206 valence electrons. The van der Waals surface area contributed by atoms with E-state index in [1.165, 1.54) is 5.56 Å². The van der Waals surface area contributed by atoms with Gasteiger partial charge in [-0.1, -0.05) is 74.5 Å². The quantitative estimate of drug-likeness (QED) is 0.359. The third-order valence-corrected chi connectivity index (χ3v) is 6.93. The number of nitrogens with zero attached hydrogens (tertiary/aromatic N) is 1. The van der Waals surface area contributed by atoms with Gasteiger partial charge in [0.1, 0.15) is 12.6 Å². The second-order valence-electron chi connectivity index (χ2n) is 10.7. The molecule has 38 heavy (non-hydrogen) atoms. The summed E-state index contributed by atoms with van der Waals surface area (Å²) >= 11 is 0. The molecule has 1 fully saturated rings. The van der Waals surface area contributed by atoms with Crippen molar-refractivity contribution >= 4 is 17.9 Å². The van der Waals surface area contributed by atoms with Crippen LogP contribution in [0.5, 0.6) is 0 Å². The first-order valence-corrected chi connectivity index (χ1v) is 14.0. The molecule has 2 N–H and O–H groups in total. The zero-order chi connectivity index (χ0) is 27.2. The molecule has 1 saturated heterocycles. The number of carbonyl (C=O) groups is 3. The van der Waals surface area contributed by atoms with Crippen LogP contribution < -0.4 is 10.6 Å². The van der Waals surface area contributed by atoms with Crippen molar-refractivity contribution in [2.24, 2.45) is 11.8 Å². The molecule has 1 heterocycles. The van der Waals surface area contributed by atoms with E-state index < -0.39 is 12.1 Å². The van der Waals surface area contributed by atoms with Crippen LogP contribution in [0.15, 0.2) is 60.7 Å². The van der Waals surface area contributed by atoms with Crippen molar-refractivity contribution in [1.29, 1.82) is 0 Å². The Hall–Kier alpha value is -3.35. The van der Waals surface area contributed by atoms with Gasteiger partial charge in [-0.3, -0.25) is 9.59 Å². The minimum Gasteiger partial charge on any atom is -0.445 e. The zero-order valence-electron chi connectivity index (χ0n) is 22.9. The molecule has 0 saturated carbocycles. The lowest BCUT2D eigenvalue weighted by Crippen LogP contribution is -2.51. The molecule has 1 atom stereocenters. The van der Waals surface area contributed by atoms with E-state index in [1.54, 1.807) is 0 Å². The van der Waals surface area contributed by atoms with Crippen molar-refractivity contribution in [3.05, 3.63) is 71.8 Å². The molecular weight excluding hydrogens is 478 g/mol. The molecule has 1 unspecified atom stereocenters. The second-order valence-corrected chi connectivity index (χ2v) is 10.7. The van der Waals surface area contributed by atoms with Crippen molar-refractivity contribution in [1.82, 2.24) is 15.5 Å². The minimum atomic E-state index is -0.643. The topological polar surface area (TPSA) is 87.7 Å². The molecule has 3 amide bonds. The summed E-state index contributed by atoms with van der Waals surface area (Å²) in [5.41, 5.74) is 2.22. The van der Waals surface area contributed by atoms with Crippen LogP contribution in [0.1, 0.15) is 63.5 Å². The van der Waals surface area contributed by atoms with Crippen molar-refractivity contribution in [3.63, 3.8) is 0 Å². The number of ether oxygens (including phenoxy) is 1. The highest BCUT2D eigenvalue weighted by Gasteiger charge is 2.29. The van der Waals surface area contributed by atoms with E-state index in [2.05, 4.69) is 34.9 Å². The zero-order valence-corrected chi connectivity index (χ0v) is 22.9. The summed E-state index contributed by atoms with van der Waals surface area (Å²) in [6, 6.07) is 19.3. The number of unbranched alkanes of at least 4 members (excludes halogenated alkanes) is 1. The van der Waals surface area contributed by atoms with Crippen LogP contribution in [0.3, 0.4) is 0 Å². The summed E-state index contributed by atoms with van der Waals surface area (Å²) in [5.74, 6) is 0.871. The predicted molar refractivity (Wildman–Crippen MR) is 149 cm³/mol. The summed E-state index contributed by atoms with van der Waals surface area (Å²) in [6.07, 6.45) is 4.81. The van der Waals surface area contributed by atoms with E-state index >= 15 is 0 Å². The molecule has 7 heteroatoms. The van der Waals surface area contributed by atoms with Gasteiger partial charge in [0, 0.05) is 26.1 Å². The summed E-state index contributed by atoms with van der Waals surface area (Å²) in [5, 5.41) is 5.76. The van der Waals surface area contributed by atoms with Crippen LogP contribution in [0, 0.1) is 11.8 Å². The van der Waals surface area contributed by atoms with Gasteiger partial charge < -0.3 is 20.3 Å². The molecular formula is C31H43N3O4. The average Bonchev–Trinajstić information content (AvgIpc) is 2.92. The molecule has 0 aromatic heterocycles. The predicted octanol–water partition coefficient (Wildman–Crippen LogP) is 5.10. The largest absolute Gasteiger partial charge is 0.445 e. The van der Waals surface area contributed by atoms with E-state index in [-0.39, 0.29) is 18.4 Å². The number of alkyl carbamates (subject to hydrolysis) is 1. The van der Waals surface area contributed by atoms with Crippen LogP contribution in [-0.4, -0.2) is 48.5 Å². The van der Waals surface area contributed by atoms with E-state index in [0.717, 1.165) is 31.2 Å². The summed E-state index contributed by atoms with van der Waals surface area (Å²) < 4.78 is 5.40. The number of piperidine rings is 1. The van der Waals surface area contributed by atoms with Gasteiger partial charge in [-0.2, -0.15) is 0 Å². The van der Waals surface area contributed by atoms with Crippen LogP contribution in [0.25, 0.3) is 0 Å². The summed E-state index contributed by atoms with van der Waals surface area (Å²) in [6.45, 7) is 6.14. The Morgan fingerprint density at radius 1 is 0.921 bits per heavy atom. The Bertz CT molecular complexity index is 989. The van der Waals surface area contributed by atoms with Gasteiger partial charge in [-0.25, -0.2) is 4.79 Å². The normalized spacial score (nSPS) is 14.7. The van der Waals surface area contributed by atoms with Crippen LogP contribution in [-0.2, 0) is 27.4 Å². The maximum Gasteiger partial charge on any atom is 0.408 e. The Balaban J connectivity index is 1.49. The molecule has 0 radical (unpaired) electrons. The molecule has 0 bridgehead atoms. The van der Waals surface area contributed by atoms with Gasteiger partial charge in [-0.15, -0.1) is 0 Å². The van der Waals surface area contributed by atoms with Gasteiger partial charge in [-0.05, 0) is 61.5 Å². The van der Waals surface area contributed by atoms with Gasteiger partial charge in [0.15, 0.2) is 0 Å². The second kappa shape index (κ2) is 15.8. The fourth-order valence-electron chi connectivity index (χ4n) is 4.83. The number of amides is 3. The average molecular weight is 522 g/mol. The number of hydrogen-bond acceptors (Lipinski definition) is 4. The smallest absolute Gasteiger partial charge is 0.408 e. The first-order chi connectivity index (χ1) is 18.4. The number of carbonyl (C=O) groups excluding carboxylic acids is 3. The molecule has 1 aliphatic heterocycles. The molecule has 0 aliphatic carbocycles. The van der Waals surface area contributed by atoms with Gasteiger partial charge in [0.25, 0.3) is 0 Å². The number of rotatable bonds is 13. The third-order valence-electron chi connectivity index (χ3n) is 6.93.